The van der Waals surface area contributed by atoms with Gasteiger partial charge in [0.2, 0.25) is 11.2 Å². The third-order valence-corrected chi connectivity index (χ3v) is 4.53. The quantitative estimate of drug-likeness (QED) is 0.725. The number of carbonyl (C=O) groups is 2. The molecule has 1 aromatic heterocycles. The van der Waals surface area contributed by atoms with Gasteiger partial charge in [-0.05, 0) is 24.5 Å². The Bertz CT molecular complexity index is 973. The third-order valence-electron chi connectivity index (χ3n) is 4.53. The first-order valence-electron chi connectivity index (χ1n) is 8.28. The molecular weight excluding hydrogens is 338 g/mol. The minimum absolute atomic E-state index is 0.00524. The molecule has 26 heavy (non-hydrogen) atoms. The smallest absolute Gasteiger partial charge is 0.235 e. The summed E-state index contributed by atoms with van der Waals surface area (Å²) >= 11 is 0. The number of fused-ring (bicyclic) bond motifs is 2. The number of unbranched alkanes of at least 4 members (excludes halogenated alkanes) is 1. The number of phenols is 1. The Morgan fingerprint density at radius 1 is 1.08 bits per heavy atom. The van der Waals surface area contributed by atoms with Gasteiger partial charge in [0.25, 0.3) is 0 Å². The van der Waals surface area contributed by atoms with E-state index < -0.39 is 17.0 Å². The monoisotopic (exact) mass is 357 g/mol. The number of aromatic amines is 1. The standard InChI is InChI=1S/C19H19NO6/c1-4-5-6-9-7-10-12(18(24)19(9)26-3)17(23)14-13(15(10)21)16(22)11(25-2)8-20-14/h7-8,24H,4-6H2,1-3H3,(H,20,22). The molecule has 0 amide bonds. The van der Waals surface area contributed by atoms with Gasteiger partial charge in [-0.15, -0.1) is 0 Å². The molecular formula is C19H19NO6. The van der Waals surface area contributed by atoms with Gasteiger partial charge in [0.15, 0.2) is 23.0 Å². The number of rotatable bonds is 5. The highest BCUT2D eigenvalue weighted by atomic mass is 16.5. The zero-order chi connectivity index (χ0) is 19.0. The van der Waals surface area contributed by atoms with E-state index in [-0.39, 0.29) is 39.6 Å². The van der Waals surface area contributed by atoms with Crippen LogP contribution in [0.15, 0.2) is 17.1 Å². The van der Waals surface area contributed by atoms with E-state index in [0.717, 1.165) is 12.8 Å². The summed E-state index contributed by atoms with van der Waals surface area (Å²) in [6.07, 6.45) is 3.53. The second-order valence-electron chi connectivity index (χ2n) is 6.04. The number of hydrogen-bond donors (Lipinski definition) is 2. The summed E-state index contributed by atoms with van der Waals surface area (Å²) in [7, 11) is 2.70. The molecule has 0 fully saturated rings. The molecule has 0 bridgehead atoms. The van der Waals surface area contributed by atoms with Crippen LogP contribution in [0, 0.1) is 0 Å². The van der Waals surface area contributed by atoms with Gasteiger partial charge in [-0.3, -0.25) is 14.4 Å². The molecule has 2 N–H and O–H groups in total. The van der Waals surface area contributed by atoms with Crippen LogP contribution in [0.1, 0.15) is 57.3 Å². The maximum atomic E-state index is 12.9. The topological polar surface area (TPSA) is 106 Å². The van der Waals surface area contributed by atoms with Crippen LogP contribution in [0.5, 0.6) is 17.2 Å². The van der Waals surface area contributed by atoms with E-state index in [4.69, 9.17) is 9.47 Å². The number of ether oxygens (including phenoxy) is 2. The van der Waals surface area contributed by atoms with Gasteiger partial charge in [0.1, 0.15) is 11.3 Å². The summed E-state index contributed by atoms with van der Waals surface area (Å²) in [6, 6.07) is 1.53. The summed E-state index contributed by atoms with van der Waals surface area (Å²) in [4.78, 5) is 40.9. The van der Waals surface area contributed by atoms with E-state index in [1.165, 1.54) is 26.5 Å². The van der Waals surface area contributed by atoms with Crippen LogP contribution in [-0.4, -0.2) is 35.9 Å². The molecule has 7 nitrogen and oxygen atoms in total. The van der Waals surface area contributed by atoms with Crippen LogP contribution in [0.3, 0.4) is 0 Å². The summed E-state index contributed by atoms with van der Waals surface area (Å²) in [5, 5.41) is 10.6. The number of aromatic nitrogens is 1. The largest absolute Gasteiger partial charge is 0.504 e. The number of aryl methyl sites for hydroxylation is 1. The van der Waals surface area contributed by atoms with Gasteiger partial charge in [-0.1, -0.05) is 13.3 Å². The lowest BCUT2D eigenvalue weighted by atomic mass is 9.84. The summed E-state index contributed by atoms with van der Waals surface area (Å²) in [5.74, 6) is -1.51. The van der Waals surface area contributed by atoms with Crippen LogP contribution < -0.4 is 14.9 Å². The highest BCUT2D eigenvalue weighted by Crippen LogP contribution is 2.41. The fraction of sp³-hybridized carbons (Fsp3) is 0.316. The molecule has 0 saturated carbocycles. The van der Waals surface area contributed by atoms with Gasteiger partial charge in [-0.25, -0.2) is 0 Å². The molecule has 1 aliphatic carbocycles. The number of nitrogens with one attached hydrogen (secondary N) is 1. The second-order valence-corrected chi connectivity index (χ2v) is 6.04. The summed E-state index contributed by atoms with van der Waals surface area (Å²) in [6.45, 7) is 2.02. The third kappa shape index (κ3) is 2.47. The van der Waals surface area contributed by atoms with E-state index in [2.05, 4.69) is 4.98 Å². The zero-order valence-electron chi connectivity index (χ0n) is 14.8. The molecule has 7 heteroatoms. The highest BCUT2D eigenvalue weighted by Gasteiger charge is 2.37. The number of H-pyrrole nitrogens is 1. The Labute approximate surface area is 149 Å². The molecule has 1 aliphatic rings. The fourth-order valence-electron chi connectivity index (χ4n) is 3.21. The minimum atomic E-state index is -0.657. The number of phenolic OH excluding ortho intramolecular Hbond substituents is 1. The average Bonchev–Trinajstić information content (AvgIpc) is 2.63. The number of aromatic hydroxyl groups is 1. The normalized spacial score (nSPS) is 12.6. The first-order chi connectivity index (χ1) is 12.5. The van der Waals surface area contributed by atoms with Crippen LogP contribution >= 0.6 is 0 Å². The van der Waals surface area contributed by atoms with Crippen molar-refractivity contribution in [3.63, 3.8) is 0 Å². The number of methoxy groups -OCH3 is 2. The van der Waals surface area contributed by atoms with Crippen LogP contribution in [0.4, 0.5) is 0 Å². The van der Waals surface area contributed by atoms with Gasteiger partial charge in [0, 0.05) is 11.8 Å². The molecule has 136 valence electrons. The molecule has 1 aromatic carbocycles. The van der Waals surface area contributed by atoms with E-state index in [9.17, 15) is 19.5 Å². The predicted molar refractivity (Wildman–Crippen MR) is 93.8 cm³/mol. The number of benzene rings is 1. The van der Waals surface area contributed by atoms with Gasteiger partial charge in [0.05, 0.1) is 19.8 Å². The first kappa shape index (κ1) is 17.7. The summed E-state index contributed by atoms with van der Waals surface area (Å²) < 4.78 is 10.2. The average molecular weight is 357 g/mol. The number of ketones is 2. The second kappa shape index (κ2) is 6.67. The molecule has 0 aliphatic heterocycles. The molecule has 0 spiro atoms. The van der Waals surface area contributed by atoms with Crippen molar-refractivity contribution in [3.8, 4) is 17.2 Å². The van der Waals surface area contributed by atoms with Crippen molar-refractivity contribution < 1.29 is 24.2 Å². The molecule has 0 radical (unpaired) electrons. The Morgan fingerprint density at radius 3 is 2.42 bits per heavy atom. The molecule has 2 aromatic rings. The number of pyridine rings is 1. The van der Waals surface area contributed by atoms with Gasteiger partial charge >= 0.3 is 0 Å². The Hall–Kier alpha value is -3.09. The number of hydrogen-bond acceptors (Lipinski definition) is 6. The van der Waals surface area contributed by atoms with E-state index in [1.54, 1.807) is 0 Å². The minimum Gasteiger partial charge on any atom is -0.504 e. The number of carbonyl (C=O) groups excluding carboxylic acids is 2. The lowest BCUT2D eigenvalue weighted by Crippen LogP contribution is -2.30. The zero-order valence-corrected chi connectivity index (χ0v) is 14.8. The van der Waals surface area contributed by atoms with Crippen molar-refractivity contribution >= 4 is 11.6 Å². The lowest BCUT2D eigenvalue weighted by Gasteiger charge is -2.21. The van der Waals surface area contributed by atoms with Crippen LogP contribution in [-0.2, 0) is 6.42 Å². The lowest BCUT2D eigenvalue weighted by molar-refractivity contribution is 0.0971. The van der Waals surface area contributed by atoms with Gasteiger partial charge < -0.3 is 19.6 Å². The Kier molecular flexibility index (Phi) is 4.54. The van der Waals surface area contributed by atoms with Crippen molar-refractivity contribution in [1.82, 2.24) is 4.98 Å². The molecule has 0 saturated heterocycles. The maximum absolute atomic E-state index is 12.9. The first-order valence-corrected chi connectivity index (χ1v) is 8.28. The van der Waals surface area contributed by atoms with Crippen molar-refractivity contribution in [2.75, 3.05) is 14.2 Å². The molecule has 1 heterocycles. The molecule has 3 rings (SSSR count). The van der Waals surface area contributed by atoms with Crippen molar-refractivity contribution in [3.05, 3.63) is 50.4 Å². The highest BCUT2D eigenvalue weighted by molar-refractivity contribution is 6.29. The Morgan fingerprint density at radius 2 is 1.81 bits per heavy atom. The van der Waals surface area contributed by atoms with Crippen LogP contribution in [0.2, 0.25) is 0 Å². The van der Waals surface area contributed by atoms with Gasteiger partial charge in [-0.2, -0.15) is 0 Å². The van der Waals surface area contributed by atoms with Crippen molar-refractivity contribution in [2.45, 2.75) is 26.2 Å². The van der Waals surface area contributed by atoms with E-state index in [1.807, 2.05) is 6.92 Å². The van der Waals surface area contributed by atoms with E-state index in [0.29, 0.717) is 12.0 Å². The fourth-order valence-corrected chi connectivity index (χ4v) is 3.21. The Balaban J connectivity index is 2.29. The molecule has 0 unspecified atom stereocenters. The van der Waals surface area contributed by atoms with Crippen molar-refractivity contribution in [2.24, 2.45) is 0 Å². The van der Waals surface area contributed by atoms with Crippen LogP contribution in [0.25, 0.3) is 0 Å². The van der Waals surface area contributed by atoms with E-state index >= 15 is 0 Å². The summed E-state index contributed by atoms with van der Waals surface area (Å²) in [5.41, 5.74) is -0.615. The molecule has 0 atom stereocenters. The SMILES string of the molecule is CCCCc1cc2c(c(O)c1OC)C(=O)c1[nH]cc(OC)c(=O)c1C2=O. The predicted octanol–water partition coefficient (Wildman–Crippen LogP) is 2.22. The maximum Gasteiger partial charge on any atom is 0.235 e. The van der Waals surface area contributed by atoms with Crippen molar-refractivity contribution in [1.29, 1.82) is 0 Å².